The lowest BCUT2D eigenvalue weighted by Crippen LogP contribution is -2.38. The summed E-state index contributed by atoms with van der Waals surface area (Å²) in [4.78, 5) is 0. The maximum absolute atomic E-state index is 14.3. The van der Waals surface area contributed by atoms with Gasteiger partial charge in [0.25, 0.3) is 5.92 Å². The molecule has 1 N–H and O–H groups in total. The van der Waals surface area contributed by atoms with E-state index >= 15 is 0 Å². The van der Waals surface area contributed by atoms with Gasteiger partial charge < -0.3 is 5.11 Å². The van der Waals surface area contributed by atoms with Crippen molar-refractivity contribution in [3.63, 3.8) is 0 Å². The van der Waals surface area contributed by atoms with E-state index in [4.69, 9.17) is 0 Å². The Bertz CT molecular complexity index is 595. The van der Waals surface area contributed by atoms with Crippen molar-refractivity contribution in [1.82, 2.24) is 0 Å². The zero-order valence-electron chi connectivity index (χ0n) is 13.2. The van der Waals surface area contributed by atoms with Gasteiger partial charge in [0.2, 0.25) is 0 Å². The first-order chi connectivity index (χ1) is 10.2. The Hall–Kier alpha value is -1.40. The van der Waals surface area contributed by atoms with E-state index in [2.05, 4.69) is 0 Å². The van der Waals surface area contributed by atoms with Crippen LogP contribution in [0.3, 0.4) is 0 Å². The second-order valence-corrected chi connectivity index (χ2v) is 6.85. The van der Waals surface area contributed by atoms with E-state index in [0.29, 0.717) is 6.92 Å². The van der Waals surface area contributed by atoms with Crippen molar-refractivity contribution in [3.05, 3.63) is 28.6 Å². The second kappa shape index (κ2) is 4.80. The Labute approximate surface area is 130 Å². The molecule has 0 aromatic heterocycles. The maximum atomic E-state index is 14.3. The summed E-state index contributed by atoms with van der Waals surface area (Å²) in [5.74, 6) is -5.53. The van der Waals surface area contributed by atoms with Crippen LogP contribution in [0.1, 0.15) is 50.3 Å². The highest BCUT2D eigenvalue weighted by Gasteiger charge is 2.62. The number of alkyl halides is 5. The number of halogens is 6. The van der Waals surface area contributed by atoms with E-state index in [1.807, 2.05) is 0 Å². The van der Waals surface area contributed by atoms with Gasteiger partial charge in [-0.2, -0.15) is 13.2 Å². The minimum atomic E-state index is -4.69. The molecule has 1 fully saturated rings. The zero-order valence-corrected chi connectivity index (χ0v) is 13.2. The summed E-state index contributed by atoms with van der Waals surface area (Å²) >= 11 is 0. The van der Waals surface area contributed by atoms with Gasteiger partial charge in [0, 0.05) is 12.5 Å². The summed E-state index contributed by atoms with van der Waals surface area (Å²) in [7, 11) is 0. The molecule has 7 heteroatoms. The van der Waals surface area contributed by atoms with Crippen LogP contribution in [-0.2, 0) is 10.8 Å². The summed E-state index contributed by atoms with van der Waals surface area (Å²) < 4.78 is 81.8. The van der Waals surface area contributed by atoms with E-state index in [-0.39, 0.29) is 18.4 Å². The van der Waals surface area contributed by atoms with Gasteiger partial charge in [-0.05, 0) is 50.8 Å². The molecule has 23 heavy (non-hydrogen) atoms. The van der Waals surface area contributed by atoms with Gasteiger partial charge in [0.15, 0.2) is 11.6 Å². The van der Waals surface area contributed by atoms with Crippen LogP contribution in [0.15, 0.2) is 6.07 Å². The molecule has 1 aliphatic rings. The number of aromatic hydroxyl groups is 1. The topological polar surface area (TPSA) is 20.2 Å². The molecule has 0 unspecified atom stereocenters. The van der Waals surface area contributed by atoms with Crippen molar-refractivity contribution in [1.29, 1.82) is 0 Å². The minimum Gasteiger partial charge on any atom is -0.505 e. The molecule has 2 rings (SSSR count). The first-order valence-corrected chi connectivity index (χ1v) is 7.14. The van der Waals surface area contributed by atoms with Crippen LogP contribution in [0.4, 0.5) is 26.3 Å². The Balaban J connectivity index is 2.75. The van der Waals surface area contributed by atoms with Crippen LogP contribution in [0.25, 0.3) is 0 Å². The summed E-state index contributed by atoms with van der Waals surface area (Å²) in [6, 6.07) is 0.894. The largest absolute Gasteiger partial charge is 0.505 e. The van der Waals surface area contributed by atoms with Crippen LogP contribution in [0.5, 0.6) is 5.75 Å². The molecule has 0 amide bonds. The highest BCUT2D eigenvalue weighted by Crippen LogP contribution is 2.61. The molecule has 1 saturated carbocycles. The van der Waals surface area contributed by atoms with Crippen LogP contribution >= 0.6 is 0 Å². The molecule has 0 bridgehead atoms. The molecular formula is C16H18F6O. The lowest BCUT2D eigenvalue weighted by atomic mass is 9.77. The molecule has 0 saturated heterocycles. The Kier molecular flexibility index (Phi) is 3.75. The molecule has 1 aromatic carbocycles. The molecule has 0 aliphatic heterocycles. The molecular weight excluding hydrogens is 322 g/mol. The number of rotatable bonds is 3. The second-order valence-electron chi connectivity index (χ2n) is 6.85. The van der Waals surface area contributed by atoms with E-state index < -0.39 is 45.6 Å². The average Bonchev–Trinajstić information content (AvgIpc) is 3.15. The van der Waals surface area contributed by atoms with E-state index in [1.54, 1.807) is 0 Å². The van der Waals surface area contributed by atoms with E-state index in [9.17, 15) is 31.4 Å². The summed E-state index contributed by atoms with van der Waals surface area (Å²) in [5.41, 5.74) is -5.50. The number of hydrogen-bond acceptors (Lipinski definition) is 1. The molecule has 0 heterocycles. The molecule has 1 aliphatic carbocycles. The van der Waals surface area contributed by atoms with Gasteiger partial charge in [-0.25, -0.2) is 13.2 Å². The Morgan fingerprint density at radius 1 is 1.04 bits per heavy atom. The third kappa shape index (κ3) is 2.48. The van der Waals surface area contributed by atoms with Crippen molar-refractivity contribution in [2.45, 2.75) is 63.5 Å². The molecule has 0 radical (unpaired) electrons. The van der Waals surface area contributed by atoms with Crippen molar-refractivity contribution in [3.8, 4) is 5.75 Å². The predicted molar refractivity (Wildman–Crippen MR) is 73.4 cm³/mol. The third-order valence-corrected chi connectivity index (χ3v) is 4.97. The van der Waals surface area contributed by atoms with Crippen molar-refractivity contribution < 1.29 is 31.4 Å². The van der Waals surface area contributed by atoms with Crippen molar-refractivity contribution in [2.75, 3.05) is 0 Å². The normalized spacial score (nSPS) is 18.2. The molecule has 1 nitrogen and oxygen atoms in total. The van der Waals surface area contributed by atoms with Crippen LogP contribution in [0, 0.1) is 12.7 Å². The standard InChI is InChI=1S/C16H18F6O/c1-8-9(13(2,3)16(20,21)22)7-10(12(23)11(8)17)15(5-6-15)14(4,18)19/h7,23H,5-6H2,1-4H3. The number of benzene rings is 1. The summed E-state index contributed by atoms with van der Waals surface area (Å²) in [6.45, 7) is 3.45. The third-order valence-electron chi connectivity index (χ3n) is 4.97. The fourth-order valence-electron chi connectivity index (χ4n) is 2.97. The van der Waals surface area contributed by atoms with Crippen LogP contribution < -0.4 is 0 Å². The van der Waals surface area contributed by atoms with Gasteiger partial charge >= 0.3 is 6.18 Å². The van der Waals surface area contributed by atoms with Gasteiger partial charge in [0.1, 0.15) is 0 Å². The van der Waals surface area contributed by atoms with Gasteiger partial charge in [0.05, 0.1) is 10.8 Å². The maximum Gasteiger partial charge on any atom is 0.397 e. The quantitative estimate of drug-likeness (QED) is 0.734. The highest BCUT2D eigenvalue weighted by molar-refractivity contribution is 5.52. The summed E-state index contributed by atoms with van der Waals surface area (Å²) in [5, 5.41) is 9.92. The first-order valence-electron chi connectivity index (χ1n) is 7.14. The average molecular weight is 340 g/mol. The van der Waals surface area contributed by atoms with E-state index in [1.165, 1.54) is 0 Å². The fraction of sp³-hybridized carbons (Fsp3) is 0.625. The highest BCUT2D eigenvalue weighted by atomic mass is 19.4. The first kappa shape index (κ1) is 17.9. The monoisotopic (exact) mass is 340 g/mol. The van der Waals surface area contributed by atoms with Gasteiger partial charge in [-0.1, -0.05) is 0 Å². The van der Waals surface area contributed by atoms with Crippen LogP contribution in [-0.4, -0.2) is 17.2 Å². The fourth-order valence-corrected chi connectivity index (χ4v) is 2.97. The van der Waals surface area contributed by atoms with Gasteiger partial charge in [-0.15, -0.1) is 0 Å². The Morgan fingerprint density at radius 3 is 1.87 bits per heavy atom. The predicted octanol–water partition coefficient (Wildman–Crippen LogP) is 5.37. The molecule has 0 spiro atoms. The molecule has 0 atom stereocenters. The van der Waals surface area contributed by atoms with Gasteiger partial charge in [-0.3, -0.25) is 0 Å². The minimum absolute atomic E-state index is 0.0154. The molecule has 130 valence electrons. The van der Waals surface area contributed by atoms with E-state index in [0.717, 1.165) is 26.8 Å². The van der Waals surface area contributed by atoms with Crippen molar-refractivity contribution in [2.24, 2.45) is 0 Å². The smallest absolute Gasteiger partial charge is 0.397 e. The zero-order chi connectivity index (χ0) is 18.0. The lowest BCUT2D eigenvalue weighted by molar-refractivity contribution is -0.180. The van der Waals surface area contributed by atoms with Crippen LogP contribution in [0.2, 0.25) is 0 Å². The molecule has 1 aromatic rings. The SMILES string of the molecule is Cc1c(C(C)(C)C(F)(F)F)cc(C2(C(C)(F)F)CC2)c(O)c1F. The number of phenols is 1. The lowest BCUT2D eigenvalue weighted by Gasteiger charge is -2.32. The number of phenolic OH excluding ortho intramolecular Hbond substituents is 1. The van der Waals surface area contributed by atoms with Crippen molar-refractivity contribution >= 4 is 0 Å². The summed E-state index contributed by atoms with van der Waals surface area (Å²) in [6.07, 6.45) is -4.72. The Morgan fingerprint density at radius 2 is 1.52 bits per heavy atom. The number of hydrogen-bond donors (Lipinski definition) is 1.